The highest BCUT2D eigenvalue weighted by Crippen LogP contribution is 2.45. The van der Waals surface area contributed by atoms with Crippen molar-refractivity contribution in [1.82, 2.24) is 19.5 Å². The number of amides is 1. The van der Waals surface area contributed by atoms with E-state index in [1.54, 1.807) is 10.9 Å². The smallest absolute Gasteiger partial charge is 0.412 e. The zero-order valence-electron chi connectivity index (χ0n) is 16.1. The van der Waals surface area contributed by atoms with Crippen LogP contribution < -0.4 is 5.32 Å². The van der Waals surface area contributed by atoms with Crippen LogP contribution in [0.5, 0.6) is 0 Å². The second kappa shape index (κ2) is 6.70. The van der Waals surface area contributed by atoms with Crippen LogP contribution in [0.3, 0.4) is 0 Å². The van der Waals surface area contributed by atoms with E-state index < -0.39 is 6.09 Å². The molecule has 5 rings (SSSR count). The molecular formula is C22H19N5O2. The summed E-state index contributed by atoms with van der Waals surface area (Å²) in [5.74, 6) is 0.343. The summed E-state index contributed by atoms with van der Waals surface area (Å²) in [4.78, 5) is 25.0. The van der Waals surface area contributed by atoms with E-state index >= 15 is 0 Å². The lowest BCUT2D eigenvalue weighted by molar-refractivity contribution is 0.158. The number of nitrogens with one attached hydrogen (secondary N) is 1. The predicted molar refractivity (Wildman–Crippen MR) is 110 cm³/mol. The van der Waals surface area contributed by atoms with Crippen LogP contribution in [0.4, 0.5) is 10.6 Å². The molecule has 0 fully saturated rings. The first kappa shape index (κ1) is 17.4. The van der Waals surface area contributed by atoms with Gasteiger partial charge in [0.15, 0.2) is 17.0 Å². The number of hydrogen-bond acceptors (Lipinski definition) is 5. The summed E-state index contributed by atoms with van der Waals surface area (Å²) in [5.41, 5.74) is 7.12. The van der Waals surface area contributed by atoms with E-state index in [9.17, 15) is 4.79 Å². The van der Waals surface area contributed by atoms with Crippen LogP contribution in [-0.2, 0) is 11.8 Å². The van der Waals surface area contributed by atoms with Crippen LogP contribution in [0.25, 0.3) is 22.3 Å². The van der Waals surface area contributed by atoms with Gasteiger partial charge in [0.05, 0.1) is 6.33 Å². The highest BCUT2D eigenvalue weighted by Gasteiger charge is 2.29. The molecule has 29 heavy (non-hydrogen) atoms. The topological polar surface area (TPSA) is 81.9 Å². The molecule has 7 heteroatoms. The fraction of sp³-hybridized carbons (Fsp3) is 0.182. The number of anilines is 1. The number of carbonyl (C=O) groups is 1. The van der Waals surface area contributed by atoms with Crippen molar-refractivity contribution in [3.63, 3.8) is 0 Å². The minimum absolute atomic E-state index is 0.00659. The molecule has 0 radical (unpaired) electrons. The SMILES string of the molecule is Cc1ccc2c(c1)C(COC(=O)Nc1ncnc3c1ncn3C)c1ccccc1-2. The highest BCUT2D eigenvalue weighted by atomic mass is 16.5. The third kappa shape index (κ3) is 2.91. The maximum Gasteiger partial charge on any atom is 0.412 e. The number of ether oxygens (including phenoxy) is 1. The Kier molecular flexibility index (Phi) is 4.01. The Morgan fingerprint density at radius 3 is 2.83 bits per heavy atom. The van der Waals surface area contributed by atoms with E-state index in [4.69, 9.17) is 4.74 Å². The van der Waals surface area contributed by atoms with Gasteiger partial charge in [0.25, 0.3) is 0 Å². The van der Waals surface area contributed by atoms with Gasteiger partial charge in [0.2, 0.25) is 0 Å². The van der Waals surface area contributed by atoms with Crippen LogP contribution >= 0.6 is 0 Å². The molecule has 7 nitrogen and oxygen atoms in total. The number of aromatic nitrogens is 4. The first-order chi connectivity index (χ1) is 14.1. The maximum atomic E-state index is 12.5. The van der Waals surface area contributed by atoms with Gasteiger partial charge in [0, 0.05) is 13.0 Å². The zero-order chi connectivity index (χ0) is 20.0. The summed E-state index contributed by atoms with van der Waals surface area (Å²) in [6.07, 6.45) is 2.46. The fourth-order valence-electron chi connectivity index (χ4n) is 3.94. The van der Waals surface area contributed by atoms with Crippen molar-refractivity contribution in [2.24, 2.45) is 7.05 Å². The van der Waals surface area contributed by atoms with E-state index in [1.807, 2.05) is 19.2 Å². The van der Waals surface area contributed by atoms with Gasteiger partial charge in [-0.3, -0.25) is 5.32 Å². The molecule has 2 aromatic heterocycles. The molecule has 0 saturated carbocycles. The van der Waals surface area contributed by atoms with Crippen molar-refractivity contribution < 1.29 is 9.53 Å². The minimum atomic E-state index is -0.561. The Morgan fingerprint density at radius 2 is 1.93 bits per heavy atom. The number of aryl methyl sites for hydroxylation is 2. The van der Waals surface area contributed by atoms with Gasteiger partial charge in [-0.25, -0.2) is 19.7 Å². The molecule has 0 aliphatic heterocycles. The van der Waals surface area contributed by atoms with Gasteiger partial charge in [0.1, 0.15) is 12.9 Å². The molecule has 2 aromatic carbocycles. The van der Waals surface area contributed by atoms with E-state index in [-0.39, 0.29) is 12.5 Å². The van der Waals surface area contributed by atoms with Gasteiger partial charge in [-0.2, -0.15) is 0 Å². The summed E-state index contributed by atoms with van der Waals surface area (Å²) in [6.45, 7) is 2.32. The van der Waals surface area contributed by atoms with Crippen LogP contribution in [-0.4, -0.2) is 32.2 Å². The lowest BCUT2D eigenvalue weighted by Gasteiger charge is -2.15. The molecule has 1 aliphatic carbocycles. The molecule has 144 valence electrons. The van der Waals surface area contributed by atoms with Gasteiger partial charge < -0.3 is 9.30 Å². The van der Waals surface area contributed by atoms with E-state index in [2.05, 4.69) is 57.5 Å². The van der Waals surface area contributed by atoms with Gasteiger partial charge in [-0.1, -0.05) is 48.0 Å². The average molecular weight is 385 g/mol. The van der Waals surface area contributed by atoms with Gasteiger partial charge >= 0.3 is 6.09 Å². The first-order valence-corrected chi connectivity index (χ1v) is 9.37. The number of carbonyl (C=O) groups excluding carboxylic acids is 1. The predicted octanol–water partition coefficient (Wildman–Crippen LogP) is 4.03. The first-order valence-electron chi connectivity index (χ1n) is 9.37. The molecule has 1 aliphatic rings. The fourth-order valence-corrected chi connectivity index (χ4v) is 3.94. The van der Waals surface area contributed by atoms with Crippen molar-refractivity contribution >= 4 is 23.1 Å². The monoisotopic (exact) mass is 385 g/mol. The Hall–Kier alpha value is -3.74. The minimum Gasteiger partial charge on any atom is -0.448 e. The number of benzene rings is 2. The van der Waals surface area contributed by atoms with Crippen LogP contribution in [0, 0.1) is 6.92 Å². The van der Waals surface area contributed by atoms with Crippen LogP contribution in [0.2, 0.25) is 0 Å². The molecule has 1 N–H and O–H groups in total. The Morgan fingerprint density at radius 1 is 1.10 bits per heavy atom. The highest BCUT2D eigenvalue weighted by molar-refractivity contribution is 5.93. The van der Waals surface area contributed by atoms with Crippen molar-refractivity contribution in [3.05, 3.63) is 71.8 Å². The number of imidazole rings is 1. The Labute approximate surface area is 167 Å². The van der Waals surface area contributed by atoms with Crippen molar-refractivity contribution in [1.29, 1.82) is 0 Å². The lowest BCUT2D eigenvalue weighted by atomic mass is 9.97. The average Bonchev–Trinajstić information content (AvgIpc) is 3.25. The second-order valence-electron chi connectivity index (χ2n) is 7.20. The van der Waals surface area contributed by atoms with E-state index in [1.165, 1.54) is 34.1 Å². The zero-order valence-corrected chi connectivity index (χ0v) is 16.1. The number of fused-ring (bicyclic) bond motifs is 4. The summed E-state index contributed by atoms with van der Waals surface area (Å²) in [7, 11) is 1.83. The number of rotatable bonds is 3. The van der Waals surface area contributed by atoms with Crippen LogP contribution in [0.15, 0.2) is 55.1 Å². The molecule has 1 unspecified atom stereocenters. The number of nitrogens with zero attached hydrogens (tertiary/aromatic N) is 4. The Balaban J connectivity index is 1.37. The van der Waals surface area contributed by atoms with Crippen molar-refractivity contribution in [3.8, 4) is 11.1 Å². The molecule has 0 bridgehead atoms. The van der Waals surface area contributed by atoms with Gasteiger partial charge in [-0.15, -0.1) is 0 Å². The lowest BCUT2D eigenvalue weighted by Crippen LogP contribution is -2.18. The summed E-state index contributed by atoms with van der Waals surface area (Å²) < 4.78 is 7.36. The molecule has 4 aromatic rings. The summed E-state index contributed by atoms with van der Waals surface area (Å²) in [6, 6.07) is 14.7. The second-order valence-corrected chi connectivity index (χ2v) is 7.20. The largest absolute Gasteiger partial charge is 0.448 e. The Bertz CT molecular complexity index is 1250. The molecule has 1 amide bonds. The maximum absolute atomic E-state index is 12.5. The summed E-state index contributed by atoms with van der Waals surface area (Å²) >= 11 is 0. The number of hydrogen-bond donors (Lipinski definition) is 1. The third-order valence-electron chi connectivity index (χ3n) is 5.31. The third-order valence-corrected chi connectivity index (χ3v) is 5.31. The molecule has 0 saturated heterocycles. The van der Waals surface area contributed by atoms with Crippen molar-refractivity contribution in [2.75, 3.05) is 11.9 Å². The quantitative estimate of drug-likeness (QED) is 0.576. The van der Waals surface area contributed by atoms with E-state index in [0.29, 0.717) is 17.0 Å². The van der Waals surface area contributed by atoms with E-state index in [0.717, 1.165) is 0 Å². The van der Waals surface area contributed by atoms with Gasteiger partial charge in [-0.05, 0) is 29.2 Å². The normalized spacial score (nSPS) is 14.5. The molecule has 1 atom stereocenters. The molecule has 2 heterocycles. The van der Waals surface area contributed by atoms with Crippen LogP contribution in [0.1, 0.15) is 22.6 Å². The molecular weight excluding hydrogens is 366 g/mol. The summed E-state index contributed by atoms with van der Waals surface area (Å²) in [5, 5.41) is 2.69. The standard InChI is InChI=1S/C22H19N5O2/c1-13-7-8-16-14-5-3-4-6-15(14)18(17(16)9-13)10-29-22(28)26-20-19-21(24-11-23-20)27(2)12-25-19/h3-9,11-12,18H,10H2,1-2H3,(H,23,24,26,28). The molecule has 0 spiro atoms. The van der Waals surface area contributed by atoms with Crippen molar-refractivity contribution in [2.45, 2.75) is 12.8 Å².